The number of ether oxygens (including phenoxy) is 1. The predicted molar refractivity (Wildman–Crippen MR) is 88.0 cm³/mol. The Balaban J connectivity index is 1.85. The third-order valence-corrected chi connectivity index (χ3v) is 3.10. The van der Waals surface area contributed by atoms with Gasteiger partial charge >= 0.3 is 0 Å². The zero-order chi connectivity index (χ0) is 15.6. The molecule has 0 aliphatic rings. The van der Waals surface area contributed by atoms with Gasteiger partial charge in [0, 0.05) is 44.3 Å². The van der Waals surface area contributed by atoms with E-state index in [4.69, 9.17) is 4.74 Å². The van der Waals surface area contributed by atoms with Crippen LogP contribution in [0, 0.1) is 0 Å². The summed E-state index contributed by atoms with van der Waals surface area (Å²) in [5, 5.41) is 6.56. The molecular weight excluding hydrogens is 278 g/mol. The van der Waals surface area contributed by atoms with Gasteiger partial charge in [0.05, 0.1) is 13.7 Å². The molecule has 0 aromatic carbocycles. The Kier molecular flexibility index (Phi) is 6.29. The van der Waals surface area contributed by atoms with Gasteiger partial charge in [-0.05, 0) is 24.6 Å². The van der Waals surface area contributed by atoms with E-state index in [1.54, 1.807) is 13.3 Å². The largest absolute Gasteiger partial charge is 0.481 e. The lowest BCUT2D eigenvalue weighted by atomic mass is 10.3. The highest BCUT2D eigenvalue weighted by atomic mass is 16.5. The van der Waals surface area contributed by atoms with E-state index in [-0.39, 0.29) is 0 Å². The van der Waals surface area contributed by atoms with Crippen molar-refractivity contribution in [2.45, 2.75) is 20.0 Å². The number of pyridine rings is 1. The average molecular weight is 301 g/mol. The molecule has 0 aliphatic carbocycles. The molecular formula is C16H23N5O. The van der Waals surface area contributed by atoms with Gasteiger partial charge in [-0.25, -0.2) is 9.98 Å². The Morgan fingerprint density at radius 2 is 2.09 bits per heavy atom. The first kappa shape index (κ1) is 15.9. The number of guanidine groups is 1. The van der Waals surface area contributed by atoms with Crippen LogP contribution in [0.3, 0.4) is 0 Å². The molecule has 2 N–H and O–H groups in total. The van der Waals surface area contributed by atoms with E-state index in [0.29, 0.717) is 12.4 Å². The minimum absolute atomic E-state index is 0.579. The molecule has 0 saturated carbocycles. The van der Waals surface area contributed by atoms with Gasteiger partial charge in [-0.15, -0.1) is 0 Å². The van der Waals surface area contributed by atoms with Crippen LogP contribution in [0.5, 0.6) is 5.88 Å². The molecule has 118 valence electrons. The molecule has 6 heteroatoms. The summed E-state index contributed by atoms with van der Waals surface area (Å²) >= 11 is 0. The highest BCUT2D eigenvalue weighted by molar-refractivity contribution is 5.79. The number of aromatic nitrogens is 2. The van der Waals surface area contributed by atoms with Crippen LogP contribution >= 0.6 is 0 Å². The first-order valence-corrected chi connectivity index (χ1v) is 7.43. The average Bonchev–Trinajstić information content (AvgIpc) is 3.06. The van der Waals surface area contributed by atoms with Crippen molar-refractivity contribution in [3.63, 3.8) is 0 Å². The number of methoxy groups -OCH3 is 1. The Labute approximate surface area is 131 Å². The number of nitrogens with zero attached hydrogens (tertiary/aromatic N) is 3. The lowest BCUT2D eigenvalue weighted by Crippen LogP contribution is -2.38. The van der Waals surface area contributed by atoms with Gasteiger partial charge in [0.25, 0.3) is 0 Å². The Morgan fingerprint density at radius 3 is 2.73 bits per heavy atom. The molecule has 2 heterocycles. The lowest BCUT2D eigenvalue weighted by molar-refractivity contribution is 0.397. The van der Waals surface area contributed by atoms with Gasteiger partial charge in [0.15, 0.2) is 5.96 Å². The van der Waals surface area contributed by atoms with Crippen LogP contribution in [0.4, 0.5) is 0 Å². The second-order valence-corrected chi connectivity index (χ2v) is 4.75. The monoisotopic (exact) mass is 301 g/mol. The SMILES string of the molecule is CCNC(=NCc1ccc(OC)nc1)NCCn1cccc1. The molecule has 0 amide bonds. The van der Waals surface area contributed by atoms with Crippen LogP contribution in [0.1, 0.15) is 12.5 Å². The van der Waals surface area contributed by atoms with E-state index in [2.05, 4.69) is 44.5 Å². The van der Waals surface area contributed by atoms with Gasteiger partial charge in [0.2, 0.25) is 5.88 Å². The third kappa shape index (κ3) is 5.12. The smallest absolute Gasteiger partial charge is 0.212 e. The number of hydrogen-bond acceptors (Lipinski definition) is 3. The fraction of sp³-hybridized carbons (Fsp3) is 0.375. The first-order chi connectivity index (χ1) is 10.8. The van der Waals surface area contributed by atoms with E-state index in [0.717, 1.165) is 31.2 Å². The summed E-state index contributed by atoms with van der Waals surface area (Å²) in [6.45, 7) is 5.19. The molecule has 6 nitrogen and oxygen atoms in total. The maximum Gasteiger partial charge on any atom is 0.212 e. The molecule has 2 rings (SSSR count). The fourth-order valence-corrected chi connectivity index (χ4v) is 1.96. The normalized spacial score (nSPS) is 11.3. The molecule has 2 aromatic heterocycles. The molecule has 0 atom stereocenters. The standard InChI is InChI=1S/C16H23N5O/c1-3-17-16(18-8-11-21-9-4-5-10-21)20-13-14-6-7-15(22-2)19-12-14/h4-7,9-10,12H,3,8,11,13H2,1-2H3,(H2,17,18,20). The van der Waals surface area contributed by atoms with Crippen molar-refractivity contribution in [1.82, 2.24) is 20.2 Å². The van der Waals surface area contributed by atoms with Gasteiger partial charge in [-0.3, -0.25) is 0 Å². The van der Waals surface area contributed by atoms with Crippen molar-refractivity contribution in [2.75, 3.05) is 20.2 Å². The quantitative estimate of drug-likeness (QED) is 0.603. The summed E-state index contributed by atoms with van der Waals surface area (Å²) in [5.41, 5.74) is 1.04. The predicted octanol–water partition coefficient (Wildman–Crippen LogP) is 1.65. The molecule has 0 saturated heterocycles. The van der Waals surface area contributed by atoms with E-state index >= 15 is 0 Å². The molecule has 0 bridgehead atoms. The van der Waals surface area contributed by atoms with Crippen molar-refractivity contribution in [3.05, 3.63) is 48.4 Å². The summed E-state index contributed by atoms with van der Waals surface area (Å²) in [6, 6.07) is 7.86. The Morgan fingerprint density at radius 1 is 1.27 bits per heavy atom. The Bertz CT molecular complexity index is 563. The second kappa shape index (κ2) is 8.71. The van der Waals surface area contributed by atoms with Crippen LogP contribution in [0.15, 0.2) is 47.8 Å². The molecule has 0 fully saturated rings. The lowest BCUT2D eigenvalue weighted by Gasteiger charge is -2.11. The summed E-state index contributed by atoms with van der Waals surface area (Å²) in [6.07, 6.45) is 5.88. The van der Waals surface area contributed by atoms with Crippen LogP contribution < -0.4 is 15.4 Å². The van der Waals surface area contributed by atoms with Crippen molar-refractivity contribution in [1.29, 1.82) is 0 Å². The molecule has 0 spiro atoms. The number of aliphatic imine (C=N–C) groups is 1. The third-order valence-electron chi connectivity index (χ3n) is 3.10. The fourth-order valence-electron chi connectivity index (χ4n) is 1.96. The zero-order valence-corrected chi connectivity index (χ0v) is 13.1. The molecule has 2 aromatic rings. The van der Waals surface area contributed by atoms with Crippen molar-refractivity contribution < 1.29 is 4.74 Å². The van der Waals surface area contributed by atoms with Crippen LogP contribution in [0.2, 0.25) is 0 Å². The molecule has 22 heavy (non-hydrogen) atoms. The number of rotatable bonds is 7. The van der Waals surface area contributed by atoms with Gasteiger partial charge in [0.1, 0.15) is 0 Å². The van der Waals surface area contributed by atoms with Crippen molar-refractivity contribution in [2.24, 2.45) is 4.99 Å². The van der Waals surface area contributed by atoms with Crippen LogP contribution in [-0.2, 0) is 13.1 Å². The van der Waals surface area contributed by atoms with E-state index in [1.165, 1.54) is 0 Å². The van der Waals surface area contributed by atoms with Crippen LogP contribution in [-0.4, -0.2) is 35.7 Å². The maximum absolute atomic E-state index is 5.05. The zero-order valence-electron chi connectivity index (χ0n) is 13.1. The van der Waals surface area contributed by atoms with Gasteiger partial charge < -0.3 is 19.9 Å². The topological polar surface area (TPSA) is 63.5 Å². The second-order valence-electron chi connectivity index (χ2n) is 4.75. The number of nitrogens with one attached hydrogen (secondary N) is 2. The summed E-state index contributed by atoms with van der Waals surface area (Å²) in [5.74, 6) is 1.43. The van der Waals surface area contributed by atoms with Gasteiger partial charge in [-0.2, -0.15) is 0 Å². The Hall–Kier alpha value is -2.50. The summed E-state index contributed by atoms with van der Waals surface area (Å²) in [4.78, 5) is 8.74. The molecule has 0 aliphatic heterocycles. The van der Waals surface area contributed by atoms with Crippen molar-refractivity contribution >= 4 is 5.96 Å². The highest BCUT2D eigenvalue weighted by Crippen LogP contribution is 2.07. The highest BCUT2D eigenvalue weighted by Gasteiger charge is 1.99. The number of hydrogen-bond donors (Lipinski definition) is 2. The van der Waals surface area contributed by atoms with Gasteiger partial charge in [-0.1, -0.05) is 6.07 Å². The van der Waals surface area contributed by atoms with E-state index < -0.39 is 0 Å². The maximum atomic E-state index is 5.05. The minimum atomic E-state index is 0.579. The molecule has 0 radical (unpaired) electrons. The first-order valence-electron chi connectivity index (χ1n) is 7.43. The minimum Gasteiger partial charge on any atom is -0.481 e. The van der Waals surface area contributed by atoms with Crippen molar-refractivity contribution in [3.8, 4) is 5.88 Å². The van der Waals surface area contributed by atoms with E-state index in [1.807, 2.05) is 24.3 Å². The van der Waals surface area contributed by atoms with Crippen LogP contribution in [0.25, 0.3) is 0 Å². The molecule has 0 unspecified atom stereocenters. The summed E-state index contributed by atoms with van der Waals surface area (Å²) < 4.78 is 7.18. The summed E-state index contributed by atoms with van der Waals surface area (Å²) in [7, 11) is 1.61. The van der Waals surface area contributed by atoms with E-state index in [9.17, 15) is 0 Å².